The average molecular weight is 259 g/mol. The summed E-state index contributed by atoms with van der Waals surface area (Å²) in [6, 6.07) is 7.33. The molecule has 1 heterocycles. The summed E-state index contributed by atoms with van der Waals surface area (Å²) in [5.74, 6) is 0.740. The molecule has 19 heavy (non-hydrogen) atoms. The quantitative estimate of drug-likeness (QED) is 0.883. The van der Waals surface area contributed by atoms with Crippen molar-refractivity contribution in [3.05, 3.63) is 46.8 Å². The molecule has 0 saturated heterocycles. The second-order valence-corrected chi connectivity index (χ2v) is 4.31. The number of hydrogen-bond acceptors (Lipinski definition) is 4. The van der Waals surface area contributed by atoms with E-state index in [0.717, 1.165) is 22.7 Å². The van der Waals surface area contributed by atoms with E-state index in [9.17, 15) is 4.79 Å². The third-order valence-electron chi connectivity index (χ3n) is 3.02. The van der Waals surface area contributed by atoms with Crippen molar-refractivity contribution in [2.75, 3.05) is 12.4 Å². The maximum Gasteiger partial charge on any atom is 0.251 e. The normalized spacial score (nSPS) is 10.3. The highest BCUT2D eigenvalue weighted by Gasteiger charge is 2.08. The van der Waals surface area contributed by atoms with Crippen LogP contribution in [0.25, 0.3) is 0 Å². The van der Waals surface area contributed by atoms with Crippen LogP contribution in [0.4, 0.5) is 5.69 Å². The van der Waals surface area contributed by atoms with Crippen LogP contribution in [0.5, 0.6) is 0 Å². The zero-order valence-electron chi connectivity index (χ0n) is 11.3. The number of hydrogen-bond donors (Lipinski definition) is 2. The van der Waals surface area contributed by atoms with Gasteiger partial charge in [-0.3, -0.25) is 4.79 Å². The van der Waals surface area contributed by atoms with E-state index in [-0.39, 0.29) is 5.91 Å². The lowest BCUT2D eigenvalue weighted by atomic mass is 10.1. The van der Waals surface area contributed by atoms with E-state index in [1.54, 1.807) is 19.2 Å². The van der Waals surface area contributed by atoms with Gasteiger partial charge in [0.25, 0.3) is 5.91 Å². The molecule has 0 atom stereocenters. The molecular formula is C14H17N3O2. The van der Waals surface area contributed by atoms with Crippen molar-refractivity contribution in [1.29, 1.82) is 0 Å². The third kappa shape index (κ3) is 2.93. The Kier molecular flexibility index (Phi) is 3.85. The summed E-state index contributed by atoms with van der Waals surface area (Å²) in [7, 11) is 1.62. The molecule has 1 aromatic carbocycles. The summed E-state index contributed by atoms with van der Waals surface area (Å²) in [6.07, 6.45) is 0. The molecule has 0 aliphatic heterocycles. The molecule has 2 aromatic rings. The highest BCUT2D eigenvalue weighted by atomic mass is 16.5. The lowest BCUT2D eigenvalue weighted by molar-refractivity contribution is 0.0963. The van der Waals surface area contributed by atoms with Crippen LogP contribution in [-0.2, 0) is 6.54 Å². The monoisotopic (exact) mass is 259 g/mol. The number of benzene rings is 1. The van der Waals surface area contributed by atoms with E-state index < -0.39 is 0 Å². The molecule has 1 aromatic heterocycles. The van der Waals surface area contributed by atoms with Gasteiger partial charge < -0.3 is 15.2 Å². The van der Waals surface area contributed by atoms with E-state index in [2.05, 4.69) is 15.8 Å². The summed E-state index contributed by atoms with van der Waals surface area (Å²) in [5.41, 5.74) is 3.56. The van der Waals surface area contributed by atoms with Crippen LogP contribution in [0.3, 0.4) is 0 Å². The van der Waals surface area contributed by atoms with Gasteiger partial charge in [0.15, 0.2) is 0 Å². The summed E-state index contributed by atoms with van der Waals surface area (Å²) in [6.45, 7) is 4.47. The van der Waals surface area contributed by atoms with Crippen LogP contribution in [0.2, 0.25) is 0 Å². The highest BCUT2D eigenvalue weighted by Crippen LogP contribution is 2.15. The van der Waals surface area contributed by atoms with Crippen LogP contribution < -0.4 is 10.6 Å². The lowest BCUT2D eigenvalue weighted by Gasteiger charge is -2.07. The number of nitrogens with one attached hydrogen (secondary N) is 2. The SMILES string of the molecule is CNC(=O)c1ccc(NCc2c(C)noc2C)cc1. The minimum Gasteiger partial charge on any atom is -0.381 e. The fourth-order valence-corrected chi connectivity index (χ4v) is 1.83. The minimum atomic E-state index is -0.0859. The number of carbonyl (C=O) groups is 1. The van der Waals surface area contributed by atoms with Crippen molar-refractivity contribution in [2.45, 2.75) is 20.4 Å². The van der Waals surface area contributed by atoms with Gasteiger partial charge in [0.1, 0.15) is 5.76 Å². The molecular weight excluding hydrogens is 242 g/mol. The first-order valence-corrected chi connectivity index (χ1v) is 6.09. The van der Waals surface area contributed by atoms with Crippen LogP contribution in [0, 0.1) is 13.8 Å². The van der Waals surface area contributed by atoms with Gasteiger partial charge in [-0.25, -0.2) is 0 Å². The first kappa shape index (κ1) is 13.1. The minimum absolute atomic E-state index is 0.0859. The maximum atomic E-state index is 11.4. The molecule has 0 aliphatic rings. The number of anilines is 1. The second kappa shape index (κ2) is 5.56. The van der Waals surface area contributed by atoms with Crippen LogP contribution >= 0.6 is 0 Å². The van der Waals surface area contributed by atoms with E-state index in [1.807, 2.05) is 26.0 Å². The summed E-state index contributed by atoms with van der Waals surface area (Å²) >= 11 is 0. The molecule has 5 heteroatoms. The van der Waals surface area contributed by atoms with Crippen molar-refractivity contribution in [2.24, 2.45) is 0 Å². The number of rotatable bonds is 4. The second-order valence-electron chi connectivity index (χ2n) is 4.31. The van der Waals surface area contributed by atoms with Crippen molar-refractivity contribution < 1.29 is 9.32 Å². The zero-order valence-corrected chi connectivity index (χ0v) is 11.3. The van der Waals surface area contributed by atoms with Crippen molar-refractivity contribution >= 4 is 11.6 Å². The molecule has 0 bridgehead atoms. The van der Waals surface area contributed by atoms with Gasteiger partial charge >= 0.3 is 0 Å². The largest absolute Gasteiger partial charge is 0.381 e. The van der Waals surface area contributed by atoms with E-state index in [0.29, 0.717) is 12.1 Å². The number of carbonyl (C=O) groups excluding carboxylic acids is 1. The molecule has 0 radical (unpaired) electrons. The Labute approximate surface area is 112 Å². The standard InChI is InChI=1S/C14H17N3O2/c1-9-13(10(2)19-17-9)8-16-12-6-4-11(5-7-12)14(18)15-3/h4-7,16H,8H2,1-3H3,(H,15,18). The van der Waals surface area contributed by atoms with Crippen molar-refractivity contribution in [3.63, 3.8) is 0 Å². The van der Waals surface area contributed by atoms with Gasteiger partial charge in [0.05, 0.1) is 5.69 Å². The number of amides is 1. The molecule has 1 amide bonds. The number of aryl methyl sites for hydroxylation is 2. The lowest BCUT2D eigenvalue weighted by Crippen LogP contribution is -2.17. The first-order valence-electron chi connectivity index (χ1n) is 6.09. The zero-order chi connectivity index (χ0) is 13.8. The highest BCUT2D eigenvalue weighted by molar-refractivity contribution is 5.94. The van der Waals surface area contributed by atoms with Gasteiger partial charge in [-0.05, 0) is 38.1 Å². The van der Waals surface area contributed by atoms with E-state index in [1.165, 1.54) is 0 Å². The van der Waals surface area contributed by atoms with Gasteiger partial charge in [0, 0.05) is 30.4 Å². The van der Waals surface area contributed by atoms with E-state index in [4.69, 9.17) is 4.52 Å². The van der Waals surface area contributed by atoms with Crippen LogP contribution in [0.1, 0.15) is 27.4 Å². The van der Waals surface area contributed by atoms with Gasteiger partial charge in [-0.2, -0.15) is 0 Å². The Morgan fingerprint density at radius 3 is 2.47 bits per heavy atom. The number of nitrogens with zero attached hydrogens (tertiary/aromatic N) is 1. The van der Waals surface area contributed by atoms with Crippen LogP contribution in [0.15, 0.2) is 28.8 Å². The topological polar surface area (TPSA) is 67.2 Å². The maximum absolute atomic E-state index is 11.4. The molecule has 0 fully saturated rings. The summed E-state index contributed by atoms with van der Waals surface area (Å²) in [4.78, 5) is 11.4. The Balaban J connectivity index is 2.03. The van der Waals surface area contributed by atoms with Gasteiger partial charge in [-0.15, -0.1) is 0 Å². The Hall–Kier alpha value is -2.30. The third-order valence-corrected chi connectivity index (χ3v) is 3.02. The summed E-state index contributed by atoms with van der Waals surface area (Å²) in [5, 5.41) is 9.78. The Morgan fingerprint density at radius 2 is 1.95 bits per heavy atom. The average Bonchev–Trinajstić information content (AvgIpc) is 2.75. The molecule has 0 unspecified atom stereocenters. The first-order chi connectivity index (χ1) is 9.11. The smallest absolute Gasteiger partial charge is 0.251 e. The Morgan fingerprint density at radius 1 is 1.26 bits per heavy atom. The van der Waals surface area contributed by atoms with Crippen LogP contribution in [-0.4, -0.2) is 18.1 Å². The Bertz CT molecular complexity index is 553. The molecule has 0 saturated carbocycles. The molecule has 2 N–H and O–H groups in total. The molecule has 0 spiro atoms. The fourth-order valence-electron chi connectivity index (χ4n) is 1.83. The van der Waals surface area contributed by atoms with Crippen molar-refractivity contribution in [3.8, 4) is 0 Å². The number of aromatic nitrogens is 1. The molecule has 100 valence electrons. The predicted octanol–water partition coefficient (Wildman–Crippen LogP) is 2.26. The van der Waals surface area contributed by atoms with E-state index >= 15 is 0 Å². The molecule has 0 aliphatic carbocycles. The van der Waals surface area contributed by atoms with Crippen molar-refractivity contribution in [1.82, 2.24) is 10.5 Å². The van der Waals surface area contributed by atoms with Gasteiger partial charge in [0.2, 0.25) is 0 Å². The summed E-state index contributed by atoms with van der Waals surface area (Å²) < 4.78 is 5.11. The fraction of sp³-hybridized carbons (Fsp3) is 0.286. The predicted molar refractivity (Wildman–Crippen MR) is 73.1 cm³/mol. The van der Waals surface area contributed by atoms with Gasteiger partial charge in [-0.1, -0.05) is 5.16 Å². The molecule has 5 nitrogen and oxygen atoms in total. The molecule has 2 rings (SSSR count).